The highest BCUT2D eigenvalue weighted by molar-refractivity contribution is 6.31. The van der Waals surface area contributed by atoms with Gasteiger partial charge in [-0.1, -0.05) is 11.6 Å². The minimum Gasteiger partial charge on any atom is -0.434 e. The Morgan fingerprint density at radius 1 is 1.29 bits per heavy atom. The summed E-state index contributed by atoms with van der Waals surface area (Å²) in [5, 5.41) is 23.1. The zero-order valence-electron chi connectivity index (χ0n) is 18.7. The second-order valence-electron chi connectivity index (χ2n) is 7.98. The van der Waals surface area contributed by atoms with Gasteiger partial charge in [-0.15, -0.1) is 0 Å². The molecule has 3 aromatic heterocycles. The number of nitrogens with one attached hydrogen (secondary N) is 1. The molecule has 0 spiro atoms. The molecule has 2 N–H and O–H groups in total. The van der Waals surface area contributed by atoms with E-state index in [1.165, 1.54) is 28.9 Å². The van der Waals surface area contributed by atoms with Crippen LogP contribution < -0.4 is 10.1 Å². The molecule has 1 unspecified atom stereocenters. The summed E-state index contributed by atoms with van der Waals surface area (Å²) in [6, 6.07) is 6.17. The van der Waals surface area contributed by atoms with Crippen molar-refractivity contribution < 1.29 is 18.6 Å². The molecule has 1 aromatic carbocycles. The first kappa shape index (κ1) is 23.9. The summed E-state index contributed by atoms with van der Waals surface area (Å²) in [5.74, 6) is -0.0829. The summed E-state index contributed by atoms with van der Waals surface area (Å²) in [5.41, 5.74) is 1.87. The number of anilines is 1. The third-order valence-corrected chi connectivity index (χ3v) is 5.64. The summed E-state index contributed by atoms with van der Waals surface area (Å²) in [6.07, 6.45) is 5.31. The molecule has 34 heavy (non-hydrogen) atoms. The van der Waals surface area contributed by atoms with Gasteiger partial charge in [-0.3, -0.25) is 4.68 Å². The molecule has 0 saturated carbocycles. The Labute approximate surface area is 199 Å². The number of rotatable bonds is 9. The summed E-state index contributed by atoms with van der Waals surface area (Å²) in [4.78, 5) is 6.29. The van der Waals surface area contributed by atoms with Gasteiger partial charge in [-0.2, -0.15) is 19.0 Å². The monoisotopic (exact) mass is 491 g/mol. The summed E-state index contributed by atoms with van der Waals surface area (Å²) in [7, 11) is 3.89. The Hall–Kier alpha value is -3.28. The van der Waals surface area contributed by atoms with Crippen LogP contribution >= 0.6 is 11.6 Å². The molecule has 4 aromatic rings. The average Bonchev–Trinajstić information content (AvgIpc) is 3.38. The van der Waals surface area contributed by atoms with Crippen LogP contribution in [0.2, 0.25) is 5.02 Å². The van der Waals surface area contributed by atoms with Crippen LogP contribution in [0.15, 0.2) is 49.1 Å². The largest absolute Gasteiger partial charge is 0.434 e. The smallest absolute Gasteiger partial charge is 0.387 e. The third kappa shape index (κ3) is 5.11. The Kier molecular flexibility index (Phi) is 6.96. The lowest BCUT2D eigenvalue weighted by atomic mass is 10.1. The van der Waals surface area contributed by atoms with E-state index in [2.05, 4.69) is 20.5 Å². The number of aromatic nitrogens is 5. The second-order valence-corrected chi connectivity index (χ2v) is 8.42. The molecule has 2 atom stereocenters. The topological polar surface area (TPSA) is 92.7 Å². The van der Waals surface area contributed by atoms with Crippen molar-refractivity contribution in [1.29, 1.82) is 0 Å². The summed E-state index contributed by atoms with van der Waals surface area (Å²) >= 11 is 6.17. The lowest BCUT2D eigenvalue weighted by Crippen LogP contribution is -2.29. The van der Waals surface area contributed by atoms with Gasteiger partial charge in [-0.25, -0.2) is 9.50 Å². The number of nitrogens with zero attached hydrogens (tertiary/aromatic N) is 6. The first-order chi connectivity index (χ1) is 16.2. The number of ether oxygens (including phenoxy) is 1. The van der Waals surface area contributed by atoms with E-state index >= 15 is 0 Å². The van der Waals surface area contributed by atoms with Crippen LogP contribution in [0, 0.1) is 0 Å². The van der Waals surface area contributed by atoms with Gasteiger partial charge in [0.1, 0.15) is 11.4 Å². The van der Waals surface area contributed by atoms with Crippen LogP contribution in [0.4, 0.5) is 14.5 Å². The van der Waals surface area contributed by atoms with Crippen LogP contribution in [-0.4, -0.2) is 61.1 Å². The van der Waals surface area contributed by atoms with E-state index in [1.54, 1.807) is 29.3 Å². The van der Waals surface area contributed by atoms with Gasteiger partial charge in [0, 0.05) is 35.2 Å². The van der Waals surface area contributed by atoms with Crippen molar-refractivity contribution in [2.45, 2.75) is 32.3 Å². The van der Waals surface area contributed by atoms with Crippen LogP contribution in [0.3, 0.4) is 0 Å². The molecule has 0 bridgehead atoms. The van der Waals surface area contributed by atoms with Crippen LogP contribution in [0.25, 0.3) is 16.9 Å². The Morgan fingerprint density at radius 3 is 2.82 bits per heavy atom. The minimum absolute atomic E-state index is 0.0829. The fraction of sp³-hybridized carbons (Fsp3) is 0.318. The molecule has 0 fully saturated rings. The number of benzene rings is 1. The molecule has 180 valence electrons. The van der Waals surface area contributed by atoms with Crippen molar-refractivity contribution in [2.75, 3.05) is 19.4 Å². The van der Waals surface area contributed by atoms with Gasteiger partial charge in [0.25, 0.3) is 0 Å². The number of aliphatic hydroxyl groups excluding tert-OH is 1. The summed E-state index contributed by atoms with van der Waals surface area (Å²) < 4.78 is 34.1. The van der Waals surface area contributed by atoms with E-state index in [9.17, 15) is 13.9 Å². The van der Waals surface area contributed by atoms with Gasteiger partial charge >= 0.3 is 6.61 Å². The van der Waals surface area contributed by atoms with Crippen molar-refractivity contribution in [2.24, 2.45) is 0 Å². The van der Waals surface area contributed by atoms with Crippen molar-refractivity contribution in [1.82, 2.24) is 29.3 Å². The quantitative estimate of drug-likeness (QED) is 0.343. The van der Waals surface area contributed by atoms with Crippen molar-refractivity contribution in [3.8, 4) is 17.0 Å². The number of likely N-dealkylation sites (N-methyl/N-ethyl adjacent to an activating group) is 1. The maximum atomic E-state index is 13.1. The molecule has 0 radical (unpaired) electrons. The van der Waals surface area contributed by atoms with Crippen LogP contribution in [0.1, 0.15) is 18.7 Å². The van der Waals surface area contributed by atoms with Gasteiger partial charge < -0.3 is 20.1 Å². The van der Waals surface area contributed by atoms with E-state index < -0.39 is 12.8 Å². The molecular formula is C22H24ClF2N7O2. The Bertz CT molecular complexity index is 1280. The fourth-order valence-corrected chi connectivity index (χ4v) is 3.58. The van der Waals surface area contributed by atoms with Gasteiger partial charge in [0.15, 0.2) is 11.9 Å². The highest BCUT2D eigenvalue weighted by atomic mass is 35.5. The zero-order valence-corrected chi connectivity index (χ0v) is 19.5. The number of hydrogen-bond donors (Lipinski definition) is 2. The van der Waals surface area contributed by atoms with Crippen molar-refractivity contribution >= 4 is 22.9 Å². The van der Waals surface area contributed by atoms with Crippen LogP contribution in [0.5, 0.6) is 5.75 Å². The second kappa shape index (κ2) is 9.92. The predicted octanol–water partition coefficient (Wildman–Crippen LogP) is 3.90. The third-order valence-electron chi connectivity index (χ3n) is 5.40. The maximum Gasteiger partial charge on any atom is 0.387 e. The molecule has 0 saturated heterocycles. The lowest BCUT2D eigenvalue weighted by molar-refractivity contribution is -0.0494. The molecule has 0 aliphatic heterocycles. The zero-order chi connectivity index (χ0) is 24.4. The number of fused-ring (bicyclic) bond motifs is 1. The standard InChI is InChI=1S/C22H24ClF2N7O2/c1-13(30(2)3)11-31-12-17(28-21(33)16-10-27-32-8-4-7-26-20(16)32)19(29-31)15-9-14(23)5-6-18(15)34-22(24)25/h4-10,12-13,21-22,28,33H,11H2,1-3H3/t13-,21?/m0/s1. The highest BCUT2D eigenvalue weighted by Crippen LogP contribution is 2.38. The van der Waals surface area contributed by atoms with Gasteiger partial charge in [-0.05, 0) is 45.3 Å². The number of aliphatic hydroxyl groups is 1. The van der Waals surface area contributed by atoms with E-state index in [0.717, 1.165) is 0 Å². The van der Waals surface area contributed by atoms with Crippen molar-refractivity contribution in [3.63, 3.8) is 0 Å². The number of hydrogen-bond acceptors (Lipinski definition) is 7. The van der Waals surface area contributed by atoms with Crippen molar-refractivity contribution in [3.05, 3.63) is 59.6 Å². The average molecular weight is 492 g/mol. The van der Waals surface area contributed by atoms with E-state index in [0.29, 0.717) is 34.2 Å². The molecular weight excluding hydrogens is 468 g/mol. The van der Waals surface area contributed by atoms with Gasteiger partial charge in [0.2, 0.25) is 0 Å². The normalized spacial score (nSPS) is 13.6. The molecule has 0 aliphatic carbocycles. The SMILES string of the molecule is C[C@@H](Cn1cc(NC(O)c2cnn3cccnc23)c(-c2cc(Cl)ccc2OC(F)F)n1)N(C)C. The number of halogens is 3. The fourth-order valence-electron chi connectivity index (χ4n) is 3.40. The first-order valence-corrected chi connectivity index (χ1v) is 10.8. The molecule has 4 rings (SSSR count). The lowest BCUT2D eigenvalue weighted by Gasteiger charge is -2.19. The molecule has 9 nitrogen and oxygen atoms in total. The minimum atomic E-state index is -3.03. The van der Waals surface area contributed by atoms with E-state index in [4.69, 9.17) is 16.3 Å². The van der Waals surface area contributed by atoms with Crippen LogP contribution in [-0.2, 0) is 6.54 Å². The number of alkyl halides is 2. The first-order valence-electron chi connectivity index (χ1n) is 10.4. The Morgan fingerprint density at radius 2 is 2.09 bits per heavy atom. The maximum absolute atomic E-state index is 13.1. The Balaban J connectivity index is 1.75. The van der Waals surface area contributed by atoms with Gasteiger partial charge in [0.05, 0.1) is 24.0 Å². The predicted molar refractivity (Wildman–Crippen MR) is 124 cm³/mol. The molecule has 12 heteroatoms. The van der Waals surface area contributed by atoms with E-state index in [1.807, 2.05) is 25.9 Å². The molecule has 0 amide bonds. The summed E-state index contributed by atoms with van der Waals surface area (Å²) in [6.45, 7) is -0.483. The highest BCUT2D eigenvalue weighted by Gasteiger charge is 2.22. The molecule has 3 heterocycles. The molecule has 0 aliphatic rings. The van der Waals surface area contributed by atoms with E-state index in [-0.39, 0.29) is 17.4 Å².